The fourth-order valence-corrected chi connectivity index (χ4v) is 9.25. The Balaban J connectivity index is 0.000000192. The number of allylic oxidation sites excluding steroid dienone is 1. The van der Waals surface area contributed by atoms with Gasteiger partial charge in [-0.15, -0.1) is 0 Å². The minimum Gasteiger partial charge on any atom is -0.339 e. The largest absolute Gasteiger partial charge is 0.339 e. The van der Waals surface area contributed by atoms with Crippen LogP contribution in [-0.2, 0) is 22.4 Å². The number of carbonyl (C=O) groups excluding carboxylic acids is 4. The van der Waals surface area contributed by atoms with Crippen LogP contribution in [0.15, 0.2) is 172 Å². The molecule has 12 nitrogen and oxygen atoms in total. The van der Waals surface area contributed by atoms with Crippen molar-refractivity contribution in [3.05, 3.63) is 206 Å². The van der Waals surface area contributed by atoms with E-state index in [1.54, 1.807) is 25.0 Å². The third-order valence-electron chi connectivity index (χ3n) is 12.8. The summed E-state index contributed by atoms with van der Waals surface area (Å²) in [6, 6.07) is 35.3. The average molecular weight is 978 g/mol. The Hall–Kier alpha value is -7.93. The van der Waals surface area contributed by atoms with Crippen molar-refractivity contribution in [2.75, 3.05) is 26.2 Å². The molecular weight excluding hydrogens is 920 g/mol. The minimum absolute atomic E-state index is 0. The number of amides is 1. The van der Waals surface area contributed by atoms with Gasteiger partial charge in [0.2, 0.25) is 11.1 Å². The number of Topliss-reactive ketones (excluding diaryl/α,β-unsaturated/α-hetero) is 2. The fraction of sp³-hybridized carbons (Fsp3) is 0.220. The number of nitrogens with zero attached hydrogens (tertiary/aromatic N) is 7. The predicted octanol–water partition coefficient (Wildman–Crippen LogP) is 11.2. The molecule has 2 aliphatic rings. The van der Waals surface area contributed by atoms with E-state index in [1.807, 2.05) is 102 Å². The molecule has 1 N–H and O–H groups in total. The highest BCUT2D eigenvalue weighted by Crippen LogP contribution is 2.37. The molecule has 72 heavy (non-hydrogen) atoms. The highest BCUT2D eigenvalue weighted by molar-refractivity contribution is 6.66. The third-order valence-corrected chi connectivity index (χ3v) is 13.0. The number of aromatic nitrogens is 6. The second-order valence-electron chi connectivity index (χ2n) is 17.4. The van der Waals surface area contributed by atoms with Gasteiger partial charge in [0.1, 0.15) is 12.7 Å². The Morgan fingerprint density at radius 1 is 0.625 bits per heavy atom. The topological polar surface area (TPSA) is 161 Å². The van der Waals surface area contributed by atoms with E-state index in [1.165, 1.54) is 24.5 Å². The van der Waals surface area contributed by atoms with Crippen molar-refractivity contribution in [1.82, 2.24) is 40.1 Å². The molecule has 2 aliphatic heterocycles. The first-order valence-electron chi connectivity index (χ1n) is 23.7. The number of rotatable bonds is 12. The van der Waals surface area contributed by atoms with Gasteiger partial charge in [-0.2, -0.15) is 0 Å². The van der Waals surface area contributed by atoms with Gasteiger partial charge in [-0.05, 0) is 120 Å². The van der Waals surface area contributed by atoms with Gasteiger partial charge in [-0.1, -0.05) is 106 Å². The molecule has 0 saturated carbocycles. The van der Waals surface area contributed by atoms with Crippen molar-refractivity contribution >= 4 is 56.1 Å². The summed E-state index contributed by atoms with van der Waals surface area (Å²) in [5.41, 5.74) is 11.4. The first kappa shape index (κ1) is 51.9. The van der Waals surface area contributed by atoms with E-state index in [2.05, 4.69) is 72.6 Å². The Kier molecular flexibility index (Phi) is 18.2. The first-order valence-corrected chi connectivity index (χ1v) is 24.0. The zero-order valence-corrected chi connectivity index (χ0v) is 40.0. The second kappa shape index (κ2) is 25.3. The van der Waals surface area contributed by atoms with E-state index in [0.29, 0.717) is 30.0 Å². The number of likely N-dealkylation sites (tertiary alicyclic amines) is 1. The lowest BCUT2D eigenvalue weighted by Crippen LogP contribution is -2.38. The van der Waals surface area contributed by atoms with E-state index >= 15 is 0 Å². The highest BCUT2D eigenvalue weighted by atomic mass is 35.5. The van der Waals surface area contributed by atoms with Crippen molar-refractivity contribution in [1.29, 1.82) is 0 Å². The molecule has 2 saturated heterocycles. The molecule has 2 unspecified atom stereocenters. The third kappa shape index (κ3) is 12.9. The Morgan fingerprint density at radius 3 is 1.57 bits per heavy atom. The van der Waals surface area contributed by atoms with Crippen molar-refractivity contribution in [2.24, 2.45) is 0 Å². The van der Waals surface area contributed by atoms with Crippen LogP contribution >= 0.6 is 11.6 Å². The fourth-order valence-electron chi connectivity index (χ4n) is 9.25. The Bertz CT molecular complexity index is 3160. The Labute approximate surface area is 425 Å². The van der Waals surface area contributed by atoms with E-state index in [0.717, 1.165) is 99.6 Å². The summed E-state index contributed by atoms with van der Waals surface area (Å²) in [5, 5.41) is 5.01. The number of benzene rings is 4. The summed E-state index contributed by atoms with van der Waals surface area (Å²) in [6.07, 6.45) is 17.7. The second-order valence-corrected chi connectivity index (χ2v) is 17.7. The molecule has 4 aromatic carbocycles. The molecule has 1 amide bonds. The van der Waals surface area contributed by atoms with Gasteiger partial charge < -0.3 is 10.2 Å². The van der Waals surface area contributed by atoms with Crippen LogP contribution in [0.5, 0.6) is 0 Å². The summed E-state index contributed by atoms with van der Waals surface area (Å²) in [7, 11) is 0. The van der Waals surface area contributed by atoms with Crippen molar-refractivity contribution in [3.63, 3.8) is 0 Å². The van der Waals surface area contributed by atoms with Crippen LogP contribution in [0.25, 0.3) is 44.1 Å². The monoisotopic (exact) mass is 976 g/mol. The number of piperidine rings is 2. The summed E-state index contributed by atoms with van der Waals surface area (Å²) < 4.78 is 0. The molecule has 364 valence electrons. The molecule has 4 aromatic heterocycles. The maximum atomic E-state index is 12.7. The number of halogens is 1. The molecule has 0 spiro atoms. The summed E-state index contributed by atoms with van der Waals surface area (Å²) in [5.74, 6) is 0.772. The zero-order chi connectivity index (χ0) is 49.5. The number of hydrogen-bond donors (Lipinski definition) is 1. The lowest BCUT2D eigenvalue weighted by molar-refractivity contribution is -0.127. The molecule has 6 heterocycles. The number of carbonyl (C=O) groups is 4. The van der Waals surface area contributed by atoms with Gasteiger partial charge in [-0.3, -0.25) is 29.1 Å². The molecule has 2 fully saturated rings. The molecule has 0 radical (unpaired) electrons. The van der Waals surface area contributed by atoms with Crippen molar-refractivity contribution < 1.29 is 19.2 Å². The molecule has 0 aliphatic carbocycles. The standard InChI is InChI=1S/C29H26N4O2.C26H24N4O.C3H3ClO.CH4/c1-2-28(35)33-15-5-6-22(18-33)25-13-12-24(26-17-30-19-32-29(25)26)20-8-10-21(11-9-20)27(34)16-23-7-3-4-14-31-23;31-25(14-21-5-1-2-13-29-21)19-8-6-18(7-9-19)22-10-11-23(20-4-3-12-27-15-20)26-24(22)16-28-17-30-26;1-2-3(4)5;/h2-4,7-14,17,19,22H,1,5-6,15-16,18H2;1-2,5-11,13,16-17,20,27H,3-4,12,14-15H2;2H,1H2;1H4. The summed E-state index contributed by atoms with van der Waals surface area (Å²) in [4.78, 5) is 75.2. The molecule has 0 bridgehead atoms. The van der Waals surface area contributed by atoms with Crippen LogP contribution in [0, 0.1) is 0 Å². The van der Waals surface area contributed by atoms with Gasteiger partial charge in [0.25, 0.3) is 0 Å². The van der Waals surface area contributed by atoms with E-state index in [-0.39, 0.29) is 37.2 Å². The van der Waals surface area contributed by atoms with E-state index in [9.17, 15) is 19.2 Å². The van der Waals surface area contributed by atoms with E-state index < -0.39 is 5.24 Å². The van der Waals surface area contributed by atoms with Crippen molar-refractivity contribution in [3.8, 4) is 22.3 Å². The maximum absolute atomic E-state index is 12.7. The smallest absolute Gasteiger partial charge is 0.245 e. The number of pyridine rings is 2. The average Bonchev–Trinajstić information content (AvgIpc) is 3.43. The molecule has 10 rings (SSSR count). The molecular formula is C59H57ClN8O4. The van der Waals surface area contributed by atoms with Crippen LogP contribution in [0.4, 0.5) is 0 Å². The van der Waals surface area contributed by atoms with Crippen LogP contribution < -0.4 is 5.32 Å². The van der Waals surface area contributed by atoms with Gasteiger partial charge in [0.15, 0.2) is 11.6 Å². The van der Waals surface area contributed by atoms with Crippen molar-refractivity contribution in [2.45, 2.75) is 57.8 Å². The van der Waals surface area contributed by atoms with Crippen LogP contribution in [0.2, 0.25) is 0 Å². The van der Waals surface area contributed by atoms with Gasteiger partial charge in [0, 0.05) is 83.6 Å². The SMILES string of the molecule is C.C=CC(=O)Cl.C=CC(=O)N1CCCC(c2ccc(-c3ccc(C(=O)Cc4ccccn4)cc3)c3cncnc23)C1.O=C(Cc1ccccn1)c1ccc(-c2ccc(C3CCCNC3)c3ncncc23)cc1. The van der Waals surface area contributed by atoms with E-state index in [4.69, 9.17) is 11.6 Å². The normalized spacial score (nSPS) is 15.1. The number of hydrogen-bond acceptors (Lipinski definition) is 11. The van der Waals surface area contributed by atoms with Crippen LogP contribution in [0.3, 0.4) is 0 Å². The Morgan fingerprint density at radius 2 is 1.12 bits per heavy atom. The molecule has 13 heteroatoms. The quantitative estimate of drug-likeness (QED) is 0.0705. The number of fused-ring (bicyclic) bond motifs is 2. The molecule has 8 aromatic rings. The maximum Gasteiger partial charge on any atom is 0.245 e. The van der Waals surface area contributed by atoms with Crippen LogP contribution in [-0.4, -0.2) is 83.7 Å². The molecule has 2 atom stereocenters. The van der Waals surface area contributed by atoms with Crippen LogP contribution in [0.1, 0.15) is 88.2 Å². The summed E-state index contributed by atoms with van der Waals surface area (Å²) >= 11 is 4.71. The first-order chi connectivity index (χ1) is 34.7. The predicted molar refractivity (Wildman–Crippen MR) is 286 cm³/mol. The van der Waals surface area contributed by atoms with Gasteiger partial charge in [0.05, 0.1) is 23.9 Å². The number of nitrogens with one attached hydrogen (secondary N) is 1. The van der Waals surface area contributed by atoms with Gasteiger partial charge in [-0.25, -0.2) is 19.9 Å². The lowest BCUT2D eigenvalue weighted by Gasteiger charge is -2.32. The number of ketones is 2. The lowest BCUT2D eigenvalue weighted by atomic mass is 9.87. The minimum atomic E-state index is -0.509. The van der Waals surface area contributed by atoms with Gasteiger partial charge >= 0.3 is 0 Å². The summed E-state index contributed by atoms with van der Waals surface area (Å²) in [6.45, 7) is 10.2. The highest BCUT2D eigenvalue weighted by Gasteiger charge is 2.26. The zero-order valence-electron chi connectivity index (χ0n) is 39.3.